The molecule has 0 spiro atoms. The number of methoxy groups -OCH3 is 1. The van der Waals surface area contributed by atoms with Crippen LogP contribution >= 0.6 is 0 Å². The fourth-order valence-corrected chi connectivity index (χ4v) is 5.19. The van der Waals surface area contributed by atoms with Gasteiger partial charge in [-0.2, -0.15) is 13.2 Å². The molecule has 1 aliphatic heterocycles. The summed E-state index contributed by atoms with van der Waals surface area (Å²) in [6.45, 7) is 1.06. The molecule has 1 saturated carbocycles. The van der Waals surface area contributed by atoms with E-state index in [1.807, 2.05) is 0 Å². The van der Waals surface area contributed by atoms with Gasteiger partial charge in [-0.3, -0.25) is 9.59 Å². The Hall–Kier alpha value is -3.18. The Kier molecular flexibility index (Phi) is 8.03. The number of alkyl halides is 3. The van der Waals surface area contributed by atoms with Crippen molar-refractivity contribution in [2.24, 2.45) is 0 Å². The normalized spacial score (nSPS) is 23.9. The van der Waals surface area contributed by atoms with Gasteiger partial charge in [-0.05, 0) is 62.9 Å². The van der Waals surface area contributed by atoms with Crippen LogP contribution in [0.3, 0.4) is 0 Å². The number of benzene rings is 1. The van der Waals surface area contributed by atoms with E-state index < -0.39 is 23.2 Å². The molecule has 2 fully saturated rings. The van der Waals surface area contributed by atoms with Crippen molar-refractivity contribution in [1.82, 2.24) is 20.5 Å². The number of pyridine rings is 1. The van der Waals surface area contributed by atoms with Crippen LogP contribution in [0.5, 0.6) is 5.88 Å². The third kappa shape index (κ3) is 6.22. The monoisotopic (exact) mass is 520 g/mol. The smallest absolute Gasteiger partial charge is 0.416 e. The minimum atomic E-state index is -4.57. The first-order valence-electron chi connectivity index (χ1n) is 12.3. The zero-order valence-electron chi connectivity index (χ0n) is 20.6. The number of amides is 2. The molecule has 11 heteroatoms. The molecule has 1 aromatic carbocycles. The maximum Gasteiger partial charge on any atom is 0.416 e. The highest BCUT2D eigenvalue weighted by atomic mass is 19.4. The van der Waals surface area contributed by atoms with E-state index in [-0.39, 0.29) is 30.1 Å². The highest BCUT2D eigenvalue weighted by Gasteiger charge is 2.40. The SMILES string of the molecule is COc1ccc(C2(O)CCC(N(C(=O)CNC(=O)c3cccc(C(F)(F)F)c3)[C@@H]3CCNC3)CC2)cn1. The Balaban J connectivity index is 1.41. The second-order valence-electron chi connectivity index (χ2n) is 9.56. The van der Waals surface area contributed by atoms with Gasteiger partial charge in [0.05, 0.1) is 24.8 Å². The summed E-state index contributed by atoms with van der Waals surface area (Å²) < 4.78 is 44.1. The highest BCUT2D eigenvalue weighted by molar-refractivity contribution is 5.96. The molecule has 4 rings (SSSR count). The lowest BCUT2D eigenvalue weighted by Gasteiger charge is -2.43. The van der Waals surface area contributed by atoms with Gasteiger partial charge in [0.15, 0.2) is 0 Å². The summed E-state index contributed by atoms with van der Waals surface area (Å²) in [6, 6.07) is 7.41. The first-order valence-corrected chi connectivity index (χ1v) is 12.3. The number of carbonyl (C=O) groups excluding carboxylic acids is 2. The molecule has 0 bridgehead atoms. The van der Waals surface area contributed by atoms with Crippen LogP contribution in [0.4, 0.5) is 13.2 Å². The van der Waals surface area contributed by atoms with Gasteiger partial charge in [0.2, 0.25) is 11.8 Å². The van der Waals surface area contributed by atoms with Crippen molar-refractivity contribution in [1.29, 1.82) is 0 Å². The molecule has 3 N–H and O–H groups in total. The molecule has 1 aliphatic carbocycles. The molecular formula is C26H31F3N4O4. The summed E-state index contributed by atoms with van der Waals surface area (Å²) in [5.41, 5.74) is -1.45. The number of nitrogens with one attached hydrogen (secondary N) is 2. The van der Waals surface area contributed by atoms with Gasteiger partial charge >= 0.3 is 6.18 Å². The van der Waals surface area contributed by atoms with E-state index in [0.717, 1.165) is 31.2 Å². The van der Waals surface area contributed by atoms with E-state index in [9.17, 15) is 27.9 Å². The molecule has 2 aliphatic rings. The number of aliphatic hydroxyl groups is 1. The van der Waals surface area contributed by atoms with E-state index in [0.29, 0.717) is 43.7 Å². The number of nitrogens with zero attached hydrogens (tertiary/aromatic N) is 2. The zero-order valence-corrected chi connectivity index (χ0v) is 20.6. The van der Waals surface area contributed by atoms with E-state index in [1.165, 1.54) is 13.2 Å². The largest absolute Gasteiger partial charge is 0.481 e. The number of carbonyl (C=O) groups is 2. The summed E-state index contributed by atoms with van der Waals surface area (Å²) in [5, 5.41) is 17.0. The fourth-order valence-electron chi connectivity index (χ4n) is 5.19. The van der Waals surface area contributed by atoms with Crippen molar-refractivity contribution in [2.75, 3.05) is 26.7 Å². The van der Waals surface area contributed by atoms with Gasteiger partial charge < -0.3 is 25.4 Å². The lowest BCUT2D eigenvalue weighted by Crippen LogP contribution is -2.53. The lowest BCUT2D eigenvalue weighted by molar-refractivity contribution is -0.138. The van der Waals surface area contributed by atoms with Gasteiger partial charge in [-0.25, -0.2) is 4.98 Å². The van der Waals surface area contributed by atoms with Gasteiger partial charge in [0.1, 0.15) is 0 Å². The molecule has 2 aromatic rings. The number of hydrogen-bond donors (Lipinski definition) is 3. The van der Waals surface area contributed by atoms with Crippen LogP contribution in [-0.2, 0) is 16.6 Å². The number of halogens is 3. The summed E-state index contributed by atoms with van der Waals surface area (Å²) in [5.74, 6) is -0.580. The average molecular weight is 521 g/mol. The molecule has 1 aromatic heterocycles. The third-order valence-corrected chi connectivity index (χ3v) is 7.23. The standard InChI is InChI=1S/C26H31F3N4O4/c1-37-22-6-5-19(14-31-22)25(36)10-7-20(8-11-25)33(21-9-12-30-15-21)23(34)16-32-24(35)17-3-2-4-18(13-17)26(27,28)29/h2-6,13-14,20-21,30,36H,7-12,15-16H2,1H3,(H,32,35)/t20?,21-,25?/m1/s1. The first kappa shape index (κ1) is 26.9. The van der Waals surface area contributed by atoms with E-state index in [1.54, 1.807) is 23.2 Å². The van der Waals surface area contributed by atoms with Crippen molar-refractivity contribution in [3.05, 3.63) is 59.3 Å². The Bertz CT molecular complexity index is 1100. The molecule has 200 valence electrons. The van der Waals surface area contributed by atoms with Crippen LogP contribution in [0.2, 0.25) is 0 Å². The molecule has 0 radical (unpaired) electrons. The molecule has 37 heavy (non-hydrogen) atoms. The van der Waals surface area contributed by atoms with Crippen molar-refractivity contribution in [3.63, 3.8) is 0 Å². The number of ether oxygens (including phenoxy) is 1. The van der Waals surface area contributed by atoms with Crippen LogP contribution < -0.4 is 15.4 Å². The van der Waals surface area contributed by atoms with Gasteiger partial charge in [0, 0.05) is 42.0 Å². The molecular weight excluding hydrogens is 489 g/mol. The number of aromatic nitrogens is 1. The number of rotatable bonds is 7. The van der Waals surface area contributed by atoms with Crippen LogP contribution in [0.15, 0.2) is 42.6 Å². The predicted octanol–water partition coefficient (Wildman–Crippen LogP) is 2.86. The Morgan fingerprint density at radius 3 is 2.54 bits per heavy atom. The average Bonchev–Trinajstić information content (AvgIpc) is 3.42. The van der Waals surface area contributed by atoms with Gasteiger partial charge in [0.25, 0.3) is 5.91 Å². The molecule has 0 unspecified atom stereocenters. The summed E-state index contributed by atoms with van der Waals surface area (Å²) in [6.07, 6.45) is -0.205. The Morgan fingerprint density at radius 1 is 1.19 bits per heavy atom. The molecule has 2 heterocycles. The molecule has 8 nitrogen and oxygen atoms in total. The Labute approximate surface area is 213 Å². The second kappa shape index (κ2) is 11.1. The first-order chi connectivity index (χ1) is 17.6. The quantitative estimate of drug-likeness (QED) is 0.519. The van der Waals surface area contributed by atoms with E-state index in [2.05, 4.69) is 15.6 Å². The maximum atomic E-state index is 13.3. The molecule has 1 atom stereocenters. The van der Waals surface area contributed by atoms with Crippen LogP contribution in [0, 0.1) is 0 Å². The summed E-state index contributed by atoms with van der Waals surface area (Å²) in [7, 11) is 1.52. The summed E-state index contributed by atoms with van der Waals surface area (Å²) in [4.78, 5) is 31.8. The van der Waals surface area contributed by atoms with Crippen LogP contribution in [0.25, 0.3) is 0 Å². The second-order valence-corrected chi connectivity index (χ2v) is 9.56. The van der Waals surface area contributed by atoms with Gasteiger partial charge in [-0.1, -0.05) is 6.07 Å². The fraction of sp³-hybridized carbons (Fsp3) is 0.500. The summed E-state index contributed by atoms with van der Waals surface area (Å²) >= 11 is 0. The van der Waals surface area contributed by atoms with Crippen molar-refractivity contribution >= 4 is 11.8 Å². The topological polar surface area (TPSA) is 104 Å². The lowest BCUT2D eigenvalue weighted by atomic mass is 9.77. The maximum absolute atomic E-state index is 13.3. The molecule has 1 saturated heterocycles. The van der Waals surface area contributed by atoms with Crippen LogP contribution in [0.1, 0.15) is 53.6 Å². The van der Waals surface area contributed by atoms with E-state index >= 15 is 0 Å². The van der Waals surface area contributed by atoms with Gasteiger partial charge in [-0.15, -0.1) is 0 Å². The van der Waals surface area contributed by atoms with Crippen molar-refractivity contribution in [3.8, 4) is 5.88 Å². The number of hydrogen-bond acceptors (Lipinski definition) is 6. The van der Waals surface area contributed by atoms with E-state index in [4.69, 9.17) is 4.74 Å². The minimum absolute atomic E-state index is 0.0585. The minimum Gasteiger partial charge on any atom is -0.481 e. The molecule has 2 amide bonds. The Morgan fingerprint density at radius 2 is 1.95 bits per heavy atom. The third-order valence-electron chi connectivity index (χ3n) is 7.23. The zero-order chi connectivity index (χ0) is 26.6. The van der Waals surface area contributed by atoms with Crippen molar-refractivity contribution in [2.45, 2.75) is 56.0 Å². The van der Waals surface area contributed by atoms with Crippen LogP contribution in [-0.4, -0.2) is 65.6 Å². The highest BCUT2D eigenvalue weighted by Crippen LogP contribution is 2.39. The predicted molar refractivity (Wildman–Crippen MR) is 129 cm³/mol. The van der Waals surface area contributed by atoms with Crippen molar-refractivity contribution < 1.29 is 32.6 Å².